The third-order valence-corrected chi connectivity index (χ3v) is 4.71. The Bertz CT molecular complexity index is 1070. The van der Waals surface area contributed by atoms with Crippen LogP contribution in [-0.4, -0.2) is 27.8 Å². The molecular weight excluding hydrogens is 352 g/mol. The van der Waals surface area contributed by atoms with Crippen LogP contribution in [-0.2, 0) is 6.42 Å². The number of furan rings is 1. The molecule has 0 aliphatic rings. The minimum atomic E-state index is -0.386. The molecule has 0 bridgehead atoms. The summed E-state index contributed by atoms with van der Waals surface area (Å²) in [5.41, 5.74) is 4.58. The van der Waals surface area contributed by atoms with Gasteiger partial charge in [-0.15, -0.1) is 0 Å². The van der Waals surface area contributed by atoms with Crippen molar-refractivity contribution in [3.8, 4) is 28.3 Å². The number of aromatic nitrogens is 2. The molecule has 28 heavy (non-hydrogen) atoms. The van der Waals surface area contributed by atoms with E-state index < -0.39 is 0 Å². The summed E-state index contributed by atoms with van der Waals surface area (Å²) in [4.78, 5) is 8.64. The zero-order valence-electron chi connectivity index (χ0n) is 15.9. The molecule has 1 N–H and O–H groups in total. The molecule has 4 rings (SSSR count). The van der Waals surface area contributed by atoms with Crippen LogP contribution in [0.2, 0.25) is 0 Å². The normalized spacial score (nSPS) is 12.2. The average Bonchev–Trinajstić information content (AvgIpc) is 3.15. The Morgan fingerprint density at radius 1 is 1.00 bits per heavy atom. The molecule has 1 atom stereocenters. The molecule has 5 nitrogen and oxygen atoms in total. The number of hydrogen-bond donors (Lipinski definition) is 1. The summed E-state index contributed by atoms with van der Waals surface area (Å²) in [5, 5.41) is 10.1. The van der Waals surface area contributed by atoms with Crippen LogP contribution in [0.5, 0.6) is 5.88 Å². The van der Waals surface area contributed by atoms with Crippen molar-refractivity contribution in [2.75, 3.05) is 6.61 Å². The lowest BCUT2D eigenvalue weighted by molar-refractivity contribution is 0.126. The zero-order valence-corrected chi connectivity index (χ0v) is 15.9. The van der Waals surface area contributed by atoms with E-state index in [2.05, 4.69) is 41.2 Å². The first-order valence-corrected chi connectivity index (χ1v) is 9.41. The molecule has 0 amide bonds. The van der Waals surface area contributed by atoms with Crippen molar-refractivity contribution in [2.24, 2.45) is 0 Å². The van der Waals surface area contributed by atoms with Gasteiger partial charge in [-0.2, -0.15) is 0 Å². The third kappa shape index (κ3) is 3.37. The number of ether oxygens (including phenoxy) is 1. The largest absolute Gasteiger partial charge is 0.472 e. The van der Waals surface area contributed by atoms with Crippen LogP contribution in [0.4, 0.5) is 0 Å². The van der Waals surface area contributed by atoms with Gasteiger partial charge < -0.3 is 14.3 Å². The van der Waals surface area contributed by atoms with Gasteiger partial charge in [-0.1, -0.05) is 61.5 Å². The lowest BCUT2D eigenvalue weighted by Gasteiger charge is -2.12. The standard InChI is InChI=1S/C23H22N2O3/c1-3-16-9-11-17(12-10-16)19-20-22(27-15(2)13-26)24-14-25-23(20)28-21(19)18-7-5-4-6-8-18/h4-12,14-15,26H,3,13H2,1-2H3/t15-/m0/s1. The van der Waals surface area contributed by atoms with E-state index in [1.807, 2.05) is 30.3 Å². The van der Waals surface area contributed by atoms with Crippen LogP contribution in [0.25, 0.3) is 33.6 Å². The fourth-order valence-corrected chi connectivity index (χ4v) is 3.20. The van der Waals surface area contributed by atoms with Gasteiger partial charge in [-0.05, 0) is 24.5 Å². The predicted molar refractivity (Wildman–Crippen MR) is 109 cm³/mol. The highest BCUT2D eigenvalue weighted by atomic mass is 16.5. The lowest BCUT2D eigenvalue weighted by Crippen LogP contribution is -2.17. The second kappa shape index (κ2) is 7.82. The molecule has 0 aliphatic heterocycles. The average molecular weight is 374 g/mol. The van der Waals surface area contributed by atoms with Crippen molar-refractivity contribution in [1.29, 1.82) is 0 Å². The minimum Gasteiger partial charge on any atom is -0.472 e. The summed E-state index contributed by atoms with van der Waals surface area (Å²) >= 11 is 0. The second-order valence-electron chi connectivity index (χ2n) is 6.69. The van der Waals surface area contributed by atoms with Crippen LogP contribution >= 0.6 is 0 Å². The van der Waals surface area contributed by atoms with Gasteiger partial charge in [0.05, 0.1) is 6.61 Å². The summed E-state index contributed by atoms with van der Waals surface area (Å²) in [5.74, 6) is 1.13. The maximum atomic E-state index is 9.40. The van der Waals surface area contributed by atoms with Gasteiger partial charge >= 0.3 is 0 Å². The lowest BCUT2D eigenvalue weighted by atomic mass is 9.98. The Morgan fingerprint density at radius 3 is 2.43 bits per heavy atom. The molecule has 0 spiro atoms. The van der Waals surface area contributed by atoms with Crippen molar-refractivity contribution < 1.29 is 14.3 Å². The van der Waals surface area contributed by atoms with E-state index in [9.17, 15) is 5.11 Å². The molecule has 0 fully saturated rings. The smallest absolute Gasteiger partial charge is 0.234 e. The fraction of sp³-hybridized carbons (Fsp3) is 0.217. The number of fused-ring (bicyclic) bond motifs is 1. The molecule has 0 saturated heterocycles. The Kier molecular flexibility index (Phi) is 5.08. The van der Waals surface area contributed by atoms with Crippen molar-refractivity contribution in [2.45, 2.75) is 26.4 Å². The number of hydrogen-bond acceptors (Lipinski definition) is 5. The Hall–Kier alpha value is -3.18. The highest BCUT2D eigenvalue weighted by Gasteiger charge is 2.23. The van der Waals surface area contributed by atoms with E-state index >= 15 is 0 Å². The van der Waals surface area contributed by atoms with Gasteiger partial charge in [-0.3, -0.25) is 0 Å². The Morgan fingerprint density at radius 2 is 1.75 bits per heavy atom. The van der Waals surface area contributed by atoms with Crippen LogP contribution < -0.4 is 4.74 Å². The summed E-state index contributed by atoms with van der Waals surface area (Å²) in [6.07, 6.45) is 2.01. The zero-order chi connectivity index (χ0) is 19.5. The van der Waals surface area contributed by atoms with E-state index in [1.54, 1.807) is 6.92 Å². The molecule has 0 radical (unpaired) electrons. The first-order valence-electron chi connectivity index (χ1n) is 9.41. The first kappa shape index (κ1) is 18.2. The van der Waals surface area contributed by atoms with Crippen molar-refractivity contribution in [3.63, 3.8) is 0 Å². The molecule has 0 saturated carbocycles. The van der Waals surface area contributed by atoms with Gasteiger partial charge in [0.25, 0.3) is 0 Å². The first-order chi connectivity index (χ1) is 13.7. The van der Waals surface area contributed by atoms with Crippen LogP contribution in [0.15, 0.2) is 65.3 Å². The topological polar surface area (TPSA) is 68.4 Å². The number of nitrogens with zero attached hydrogens (tertiary/aromatic N) is 2. The quantitative estimate of drug-likeness (QED) is 0.521. The van der Waals surface area contributed by atoms with E-state index in [0.29, 0.717) is 17.0 Å². The molecule has 4 aromatic rings. The van der Waals surface area contributed by atoms with E-state index in [0.717, 1.165) is 28.9 Å². The Labute approximate surface area is 163 Å². The van der Waals surface area contributed by atoms with Gasteiger partial charge in [0.2, 0.25) is 11.6 Å². The molecule has 0 aliphatic carbocycles. The molecule has 2 heterocycles. The van der Waals surface area contributed by atoms with Gasteiger partial charge in [0.15, 0.2) is 0 Å². The molecule has 142 valence electrons. The van der Waals surface area contributed by atoms with E-state index in [4.69, 9.17) is 9.15 Å². The molecule has 2 aromatic carbocycles. The monoisotopic (exact) mass is 374 g/mol. The van der Waals surface area contributed by atoms with Crippen molar-refractivity contribution >= 4 is 11.1 Å². The SMILES string of the molecule is CCc1ccc(-c2c(-c3ccccc3)oc3ncnc(O[C@@H](C)CO)c23)cc1. The molecule has 5 heteroatoms. The number of aryl methyl sites for hydroxylation is 1. The van der Waals surface area contributed by atoms with Gasteiger partial charge in [-0.25, -0.2) is 9.97 Å². The highest BCUT2D eigenvalue weighted by Crippen LogP contribution is 2.43. The van der Waals surface area contributed by atoms with E-state index in [1.165, 1.54) is 11.9 Å². The van der Waals surface area contributed by atoms with Crippen LogP contribution in [0, 0.1) is 0 Å². The van der Waals surface area contributed by atoms with E-state index in [-0.39, 0.29) is 12.7 Å². The summed E-state index contributed by atoms with van der Waals surface area (Å²) < 4.78 is 12.0. The highest BCUT2D eigenvalue weighted by molar-refractivity contribution is 6.03. The number of aliphatic hydroxyl groups excluding tert-OH is 1. The predicted octanol–water partition coefficient (Wildman–Crippen LogP) is 4.88. The summed E-state index contributed by atoms with van der Waals surface area (Å²) in [6.45, 7) is 3.82. The van der Waals surface area contributed by atoms with Gasteiger partial charge in [0, 0.05) is 11.1 Å². The van der Waals surface area contributed by atoms with Gasteiger partial charge in [0.1, 0.15) is 23.6 Å². The van der Waals surface area contributed by atoms with Crippen molar-refractivity contribution in [3.05, 3.63) is 66.5 Å². The Balaban J connectivity index is 1.99. The molecular formula is C23H22N2O3. The maximum absolute atomic E-state index is 9.40. The minimum absolute atomic E-state index is 0.102. The summed E-state index contributed by atoms with van der Waals surface area (Å²) in [7, 11) is 0. The maximum Gasteiger partial charge on any atom is 0.234 e. The van der Waals surface area contributed by atoms with Crippen LogP contribution in [0.3, 0.4) is 0 Å². The summed E-state index contributed by atoms with van der Waals surface area (Å²) in [6, 6.07) is 18.3. The number of aliphatic hydroxyl groups is 1. The van der Waals surface area contributed by atoms with Crippen molar-refractivity contribution in [1.82, 2.24) is 9.97 Å². The van der Waals surface area contributed by atoms with Crippen LogP contribution in [0.1, 0.15) is 19.4 Å². The second-order valence-corrected chi connectivity index (χ2v) is 6.69. The number of benzene rings is 2. The molecule has 2 aromatic heterocycles. The fourth-order valence-electron chi connectivity index (χ4n) is 3.20. The number of rotatable bonds is 6. The molecule has 0 unspecified atom stereocenters. The third-order valence-electron chi connectivity index (χ3n) is 4.71.